The van der Waals surface area contributed by atoms with Crippen LogP contribution in [-0.2, 0) is 4.79 Å². The molecule has 94 valence electrons. The van der Waals surface area contributed by atoms with Gasteiger partial charge in [0.05, 0.1) is 5.92 Å². The summed E-state index contributed by atoms with van der Waals surface area (Å²) in [7, 11) is 0. The summed E-state index contributed by atoms with van der Waals surface area (Å²) in [6.45, 7) is 1.36. The molecule has 0 amide bonds. The molecule has 5 heteroatoms. The second-order valence-corrected chi connectivity index (χ2v) is 4.00. The monoisotopic (exact) mass is 256 g/mol. The molecule has 0 aliphatic heterocycles. The van der Waals surface area contributed by atoms with Crippen molar-refractivity contribution in [3.63, 3.8) is 0 Å². The summed E-state index contributed by atoms with van der Waals surface area (Å²) in [6.07, 6.45) is 1.96. The Bertz CT molecular complexity index is 587. The molecular formula is C13H8F4O. The van der Waals surface area contributed by atoms with Crippen molar-refractivity contribution >= 4 is 11.4 Å². The molecule has 0 heterocycles. The number of benzene rings is 1. The normalized spacial score (nSPS) is 19.6. The van der Waals surface area contributed by atoms with E-state index in [-0.39, 0.29) is 11.1 Å². The Morgan fingerprint density at radius 2 is 1.56 bits per heavy atom. The molecule has 0 fully saturated rings. The lowest BCUT2D eigenvalue weighted by atomic mass is 9.92. The summed E-state index contributed by atoms with van der Waals surface area (Å²) in [5.41, 5.74) is -0.448. The Kier molecular flexibility index (Phi) is 3.07. The predicted octanol–water partition coefficient (Wildman–Crippen LogP) is 3.56. The number of allylic oxidation sites excluding steroid dienone is 4. The van der Waals surface area contributed by atoms with E-state index in [1.165, 1.54) is 6.92 Å². The van der Waals surface area contributed by atoms with Crippen molar-refractivity contribution in [3.05, 3.63) is 53.1 Å². The quantitative estimate of drug-likeness (QED) is 0.554. The average Bonchev–Trinajstić information content (AvgIpc) is 2.30. The molecule has 0 N–H and O–H groups in total. The van der Waals surface area contributed by atoms with Crippen molar-refractivity contribution in [3.8, 4) is 0 Å². The molecule has 1 aliphatic rings. The molecule has 2 rings (SSSR count). The third-order valence-corrected chi connectivity index (χ3v) is 2.75. The Hall–Kier alpha value is -1.91. The first-order valence-electron chi connectivity index (χ1n) is 5.17. The minimum atomic E-state index is -1.34. The van der Waals surface area contributed by atoms with Gasteiger partial charge in [-0.3, -0.25) is 4.79 Å². The molecule has 0 saturated carbocycles. The second-order valence-electron chi connectivity index (χ2n) is 4.00. The van der Waals surface area contributed by atoms with Crippen LogP contribution in [0.1, 0.15) is 12.5 Å². The van der Waals surface area contributed by atoms with Gasteiger partial charge in [-0.1, -0.05) is 0 Å². The van der Waals surface area contributed by atoms with Gasteiger partial charge in [0.15, 0.2) is 17.4 Å². The standard InChI is InChI=1S/C13H8F4O/c1-6-9(14)2-7(3-13(6)18)8-4-11(16)12(17)5-10(8)15/h2-6H,1H3. The zero-order valence-electron chi connectivity index (χ0n) is 9.31. The molecule has 1 aliphatic carbocycles. The van der Waals surface area contributed by atoms with Crippen LogP contribution in [0.4, 0.5) is 17.6 Å². The highest BCUT2D eigenvalue weighted by molar-refractivity contribution is 6.03. The lowest BCUT2D eigenvalue weighted by Gasteiger charge is -2.14. The van der Waals surface area contributed by atoms with Gasteiger partial charge in [0, 0.05) is 11.6 Å². The van der Waals surface area contributed by atoms with Crippen molar-refractivity contribution < 1.29 is 22.4 Å². The predicted molar refractivity (Wildman–Crippen MR) is 57.7 cm³/mol. The van der Waals surface area contributed by atoms with Crippen LogP contribution in [0.3, 0.4) is 0 Å². The molecule has 1 nitrogen and oxygen atoms in total. The minimum absolute atomic E-state index is 0.105. The molecule has 0 spiro atoms. The van der Waals surface area contributed by atoms with E-state index in [1.807, 2.05) is 0 Å². The highest BCUT2D eigenvalue weighted by Crippen LogP contribution is 2.30. The largest absolute Gasteiger partial charge is 0.294 e. The number of halogens is 4. The molecule has 1 aromatic rings. The molecule has 1 aromatic carbocycles. The number of hydrogen-bond acceptors (Lipinski definition) is 1. The number of ketones is 1. The number of hydrogen-bond donors (Lipinski definition) is 0. The number of carbonyl (C=O) groups excluding carboxylic acids is 1. The fourth-order valence-electron chi connectivity index (χ4n) is 1.63. The van der Waals surface area contributed by atoms with Gasteiger partial charge in [-0.05, 0) is 30.7 Å². The van der Waals surface area contributed by atoms with Crippen LogP contribution in [0.2, 0.25) is 0 Å². The highest BCUT2D eigenvalue weighted by atomic mass is 19.2. The first kappa shape index (κ1) is 12.5. The Balaban J connectivity index is 2.54. The van der Waals surface area contributed by atoms with E-state index >= 15 is 0 Å². The third-order valence-electron chi connectivity index (χ3n) is 2.75. The molecule has 18 heavy (non-hydrogen) atoms. The highest BCUT2D eigenvalue weighted by Gasteiger charge is 2.23. The van der Waals surface area contributed by atoms with Crippen LogP contribution in [0.25, 0.3) is 5.57 Å². The third kappa shape index (κ3) is 2.08. The summed E-state index contributed by atoms with van der Waals surface area (Å²) in [6, 6.07) is 0.962. The maximum absolute atomic E-state index is 13.5. The maximum Gasteiger partial charge on any atom is 0.165 e. The fourth-order valence-corrected chi connectivity index (χ4v) is 1.63. The van der Waals surface area contributed by atoms with E-state index in [9.17, 15) is 22.4 Å². The smallest absolute Gasteiger partial charge is 0.165 e. The maximum atomic E-state index is 13.5. The summed E-state index contributed by atoms with van der Waals surface area (Å²) in [4.78, 5) is 11.4. The van der Waals surface area contributed by atoms with E-state index in [0.717, 1.165) is 12.2 Å². The Labute approximate surface area is 100 Å². The first-order chi connectivity index (χ1) is 8.40. The van der Waals surface area contributed by atoms with Crippen molar-refractivity contribution in [1.82, 2.24) is 0 Å². The Morgan fingerprint density at radius 3 is 2.17 bits per heavy atom. The van der Waals surface area contributed by atoms with Crippen LogP contribution < -0.4 is 0 Å². The van der Waals surface area contributed by atoms with Gasteiger partial charge in [-0.2, -0.15) is 0 Å². The SMILES string of the molecule is CC1C(=O)C=C(c2cc(F)c(F)cc2F)C=C1F. The van der Waals surface area contributed by atoms with E-state index in [2.05, 4.69) is 0 Å². The topological polar surface area (TPSA) is 17.1 Å². The van der Waals surface area contributed by atoms with Gasteiger partial charge >= 0.3 is 0 Å². The van der Waals surface area contributed by atoms with Gasteiger partial charge in [0.2, 0.25) is 0 Å². The summed E-state index contributed by atoms with van der Waals surface area (Å²) in [5.74, 6) is -5.85. The average molecular weight is 256 g/mol. The minimum Gasteiger partial charge on any atom is -0.294 e. The molecule has 0 saturated heterocycles. The van der Waals surface area contributed by atoms with Gasteiger partial charge in [-0.15, -0.1) is 0 Å². The van der Waals surface area contributed by atoms with E-state index in [4.69, 9.17) is 0 Å². The molecule has 0 aromatic heterocycles. The fraction of sp³-hybridized carbons (Fsp3) is 0.154. The first-order valence-corrected chi connectivity index (χ1v) is 5.17. The molecular weight excluding hydrogens is 248 g/mol. The molecule has 1 atom stereocenters. The summed E-state index contributed by atoms with van der Waals surface area (Å²) >= 11 is 0. The van der Waals surface area contributed by atoms with Crippen molar-refractivity contribution in [2.75, 3.05) is 0 Å². The van der Waals surface area contributed by atoms with Crippen molar-refractivity contribution in [2.45, 2.75) is 6.92 Å². The van der Waals surface area contributed by atoms with Crippen LogP contribution >= 0.6 is 0 Å². The van der Waals surface area contributed by atoms with E-state index < -0.39 is 35.0 Å². The number of carbonyl (C=O) groups is 1. The van der Waals surface area contributed by atoms with E-state index in [0.29, 0.717) is 12.1 Å². The molecule has 0 bridgehead atoms. The lowest BCUT2D eigenvalue weighted by Crippen LogP contribution is -2.13. The van der Waals surface area contributed by atoms with Gasteiger partial charge in [-0.25, -0.2) is 17.6 Å². The van der Waals surface area contributed by atoms with Crippen LogP contribution in [0.15, 0.2) is 30.1 Å². The zero-order chi connectivity index (χ0) is 13.4. The van der Waals surface area contributed by atoms with E-state index in [1.54, 1.807) is 0 Å². The van der Waals surface area contributed by atoms with Crippen LogP contribution in [0, 0.1) is 23.4 Å². The van der Waals surface area contributed by atoms with Gasteiger partial charge in [0.1, 0.15) is 11.6 Å². The number of rotatable bonds is 1. The second kappa shape index (κ2) is 4.40. The molecule has 1 unspecified atom stereocenters. The lowest BCUT2D eigenvalue weighted by molar-refractivity contribution is -0.117. The van der Waals surface area contributed by atoms with Crippen LogP contribution in [0.5, 0.6) is 0 Å². The van der Waals surface area contributed by atoms with Crippen molar-refractivity contribution in [2.24, 2.45) is 5.92 Å². The van der Waals surface area contributed by atoms with Crippen molar-refractivity contribution in [1.29, 1.82) is 0 Å². The van der Waals surface area contributed by atoms with Gasteiger partial charge in [0.25, 0.3) is 0 Å². The summed E-state index contributed by atoms with van der Waals surface area (Å²) < 4.78 is 52.6. The summed E-state index contributed by atoms with van der Waals surface area (Å²) in [5, 5.41) is 0. The van der Waals surface area contributed by atoms with Crippen LogP contribution in [-0.4, -0.2) is 5.78 Å². The molecule has 0 radical (unpaired) electrons. The Morgan fingerprint density at radius 1 is 0.944 bits per heavy atom. The zero-order valence-corrected chi connectivity index (χ0v) is 9.31. The van der Waals surface area contributed by atoms with Gasteiger partial charge < -0.3 is 0 Å².